The van der Waals surface area contributed by atoms with Crippen LogP contribution in [0.15, 0.2) is 30.3 Å². The third-order valence-corrected chi connectivity index (χ3v) is 4.04. The number of rotatable bonds is 6. The lowest BCUT2D eigenvalue weighted by atomic mass is 10.0. The Morgan fingerprint density at radius 2 is 1.72 bits per heavy atom. The molecule has 1 aromatic carbocycles. The average molecular weight is 343 g/mol. The quantitative estimate of drug-likeness (QED) is 0.621. The van der Waals surface area contributed by atoms with E-state index >= 15 is 0 Å². The summed E-state index contributed by atoms with van der Waals surface area (Å²) in [5, 5.41) is 10.0. The van der Waals surface area contributed by atoms with Crippen molar-refractivity contribution < 1.29 is 24.2 Å². The lowest BCUT2D eigenvalue weighted by Gasteiger charge is -2.15. The molecule has 0 saturated carbocycles. The van der Waals surface area contributed by atoms with Crippen molar-refractivity contribution in [2.24, 2.45) is 0 Å². The fourth-order valence-corrected chi connectivity index (χ4v) is 2.79. The van der Waals surface area contributed by atoms with Crippen molar-refractivity contribution in [3.63, 3.8) is 0 Å². The number of carbonyl (C=O) groups is 3. The second kappa shape index (κ2) is 7.44. The number of benzene rings is 1. The highest BCUT2D eigenvalue weighted by Crippen LogP contribution is 2.21. The Morgan fingerprint density at radius 1 is 1.12 bits per heavy atom. The summed E-state index contributed by atoms with van der Waals surface area (Å²) in [6.07, 6.45) is -2.56. The number of hydrogen-bond acceptors (Lipinski definition) is 5. The first-order valence-electron chi connectivity index (χ1n) is 7.91. The van der Waals surface area contributed by atoms with Crippen LogP contribution < -0.4 is 0 Å². The van der Waals surface area contributed by atoms with Crippen LogP contribution >= 0.6 is 0 Å². The van der Waals surface area contributed by atoms with Crippen LogP contribution in [0, 0.1) is 13.8 Å². The summed E-state index contributed by atoms with van der Waals surface area (Å²) in [6, 6.07) is 8.33. The third kappa shape index (κ3) is 3.85. The van der Waals surface area contributed by atoms with Gasteiger partial charge in [0.15, 0.2) is 18.0 Å². The van der Waals surface area contributed by atoms with E-state index in [-0.39, 0.29) is 11.5 Å². The maximum Gasteiger partial charge on any atom is 0.340 e. The Morgan fingerprint density at radius 3 is 2.24 bits per heavy atom. The van der Waals surface area contributed by atoms with Crippen LogP contribution in [-0.4, -0.2) is 33.7 Å². The zero-order chi connectivity index (χ0) is 18.7. The lowest BCUT2D eigenvalue weighted by molar-refractivity contribution is -0.156. The Labute approximate surface area is 145 Å². The number of Topliss-reactive ketones (excluding diaryl/α,β-unsaturated/α-hetero) is 2. The average Bonchev–Trinajstić information content (AvgIpc) is 2.88. The van der Waals surface area contributed by atoms with Crippen molar-refractivity contribution in [1.29, 1.82) is 0 Å². The van der Waals surface area contributed by atoms with Crippen molar-refractivity contribution in [1.82, 2.24) is 4.98 Å². The molecule has 1 heterocycles. The summed E-state index contributed by atoms with van der Waals surface area (Å²) in [5.41, 5.74) is 2.21. The predicted octanol–water partition coefficient (Wildman–Crippen LogP) is 2.68. The Hall–Kier alpha value is -2.73. The van der Waals surface area contributed by atoms with Gasteiger partial charge >= 0.3 is 5.97 Å². The van der Waals surface area contributed by atoms with Crippen LogP contribution in [0.25, 0.3) is 0 Å². The molecule has 0 spiro atoms. The minimum Gasteiger partial charge on any atom is -0.452 e. The van der Waals surface area contributed by atoms with Crippen LogP contribution in [0.3, 0.4) is 0 Å². The van der Waals surface area contributed by atoms with Gasteiger partial charge in [-0.25, -0.2) is 4.79 Å². The molecule has 0 amide bonds. The van der Waals surface area contributed by atoms with Gasteiger partial charge < -0.3 is 14.8 Å². The molecule has 132 valence electrons. The Bertz CT molecular complexity index is 807. The molecule has 0 unspecified atom stereocenters. The van der Waals surface area contributed by atoms with Gasteiger partial charge in [-0.1, -0.05) is 30.3 Å². The standard InChI is InChI=1S/C19H21NO5/c1-10-15(12(3)21)11(2)20-16(10)17(22)13(4)25-19(24)18(23)14-8-6-5-7-9-14/h5-9,13,18,20,23H,1-4H3/t13-,18+/m0/s1. The number of nitrogens with one attached hydrogen (secondary N) is 1. The van der Waals surface area contributed by atoms with Crippen molar-refractivity contribution in [2.45, 2.75) is 39.9 Å². The van der Waals surface area contributed by atoms with Crippen LogP contribution in [0.2, 0.25) is 0 Å². The number of ether oxygens (including phenoxy) is 1. The van der Waals surface area contributed by atoms with Crippen LogP contribution in [0.5, 0.6) is 0 Å². The predicted molar refractivity (Wildman–Crippen MR) is 91.6 cm³/mol. The van der Waals surface area contributed by atoms with Gasteiger partial charge in [0.05, 0.1) is 5.69 Å². The molecule has 2 atom stereocenters. The van der Waals surface area contributed by atoms with E-state index in [4.69, 9.17) is 4.74 Å². The number of aromatic amines is 1. The van der Waals surface area contributed by atoms with Crippen LogP contribution in [0.4, 0.5) is 0 Å². The summed E-state index contributed by atoms with van der Waals surface area (Å²) < 4.78 is 5.10. The summed E-state index contributed by atoms with van der Waals surface area (Å²) in [4.78, 5) is 39.2. The van der Waals surface area contributed by atoms with Crippen molar-refractivity contribution in [3.05, 3.63) is 58.4 Å². The molecule has 0 bridgehead atoms. The minimum absolute atomic E-state index is 0.144. The van der Waals surface area contributed by atoms with Gasteiger partial charge in [-0.2, -0.15) is 0 Å². The molecule has 0 saturated heterocycles. The molecule has 1 aromatic heterocycles. The van der Waals surface area contributed by atoms with Gasteiger partial charge in [0, 0.05) is 11.3 Å². The van der Waals surface area contributed by atoms with Crippen molar-refractivity contribution in [2.75, 3.05) is 0 Å². The van der Waals surface area contributed by atoms with Crippen LogP contribution in [-0.2, 0) is 9.53 Å². The summed E-state index contributed by atoms with van der Waals surface area (Å²) in [5.74, 6) is -1.50. The molecule has 0 aliphatic heterocycles. The molecule has 6 nitrogen and oxygen atoms in total. The number of aliphatic hydroxyl groups excluding tert-OH is 1. The van der Waals surface area contributed by atoms with Crippen LogP contribution in [0.1, 0.15) is 57.6 Å². The summed E-state index contributed by atoms with van der Waals surface area (Å²) >= 11 is 0. The van der Waals surface area contributed by atoms with Gasteiger partial charge in [-0.05, 0) is 38.8 Å². The first-order chi connectivity index (χ1) is 11.7. The van der Waals surface area contributed by atoms with E-state index in [9.17, 15) is 19.5 Å². The van der Waals surface area contributed by atoms with E-state index in [1.807, 2.05) is 0 Å². The summed E-state index contributed by atoms with van der Waals surface area (Å²) in [6.45, 7) is 6.23. The number of H-pyrrole nitrogens is 1. The zero-order valence-corrected chi connectivity index (χ0v) is 14.6. The number of ketones is 2. The second-order valence-electron chi connectivity index (χ2n) is 5.94. The maximum atomic E-state index is 12.5. The van der Waals surface area contributed by atoms with Gasteiger partial charge in [0.2, 0.25) is 5.78 Å². The second-order valence-corrected chi connectivity index (χ2v) is 5.94. The number of aryl methyl sites for hydroxylation is 1. The van der Waals surface area contributed by atoms with Gasteiger partial charge in [-0.15, -0.1) is 0 Å². The van der Waals surface area contributed by atoms with Crippen molar-refractivity contribution >= 4 is 17.5 Å². The molecule has 0 aliphatic rings. The summed E-state index contributed by atoms with van der Waals surface area (Å²) in [7, 11) is 0. The SMILES string of the molecule is CC(=O)c1c(C)[nH]c(C(=O)[C@H](C)OC(=O)[C@H](O)c2ccccc2)c1C. The van der Waals surface area contributed by atoms with Gasteiger partial charge in [0.25, 0.3) is 0 Å². The first kappa shape index (κ1) is 18.6. The molecule has 2 rings (SSSR count). The van der Waals surface area contributed by atoms with Gasteiger partial charge in [-0.3, -0.25) is 9.59 Å². The van der Waals surface area contributed by atoms with E-state index in [1.165, 1.54) is 13.8 Å². The number of hydrogen-bond donors (Lipinski definition) is 2. The fourth-order valence-electron chi connectivity index (χ4n) is 2.79. The van der Waals surface area contributed by atoms with E-state index in [0.29, 0.717) is 22.4 Å². The largest absolute Gasteiger partial charge is 0.452 e. The molecular formula is C19H21NO5. The molecule has 0 radical (unpaired) electrons. The number of aliphatic hydroxyl groups is 1. The molecule has 0 aliphatic carbocycles. The third-order valence-electron chi connectivity index (χ3n) is 4.04. The zero-order valence-electron chi connectivity index (χ0n) is 14.6. The highest BCUT2D eigenvalue weighted by molar-refractivity contribution is 6.05. The van der Waals surface area contributed by atoms with E-state index in [2.05, 4.69) is 4.98 Å². The smallest absolute Gasteiger partial charge is 0.340 e. The fraction of sp³-hybridized carbons (Fsp3) is 0.316. The number of aromatic nitrogens is 1. The van der Waals surface area contributed by atoms with E-state index < -0.39 is 24.0 Å². The highest BCUT2D eigenvalue weighted by atomic mass is 16.6. The van der Waals surface area contributed by atoms with Gasteiger partial charge in [0.1, 0.15) is 0 Å². The molecular weight excluding hydrogens is 322 g/mol. The Kier molecular flexibility index (Phi) is 5.54. The first-order valence-corrected chi connectivity index (χ1v) is 7.91. The van der Waals surface area contributed by atoms with E-state index in [0.717, 1.165) is 0 Å². The molecule has 2 N–H and O–H groups in total. The number of esters is 1. The molecule has 2 aromatic rings. The normalized spacial score (nSPS) is 13.2. The highest BCUT2D eigenvalue weighted by Gasteiger charge is 2.28. The monoisotopic (exact) mass is 343 g/mol. The Balaban J connectivity index is 2.14. The lowest BCUT2D eigenvalue weighted by Crippen LogP contribution is -2.28. The maximum absolute atomic E-state index is 12.5. The molecule has 6 heteroatoms. The molecule has 25 heavy (non-hydrogen) atoms. The molecule has 0 fully saturated rings. The van der Waals surface area contributed by atoms with E-state index in [1.54, 1.807) is 44.2 Å². The van der Waals surface area contributed by atoms with Crippen molar-refractivity contribution in [3.8, 4) is 0 Å². The topological polar surface area (TPSA) is 96.5 Å². The number of carbonyl (C=O) groups excluding carboxylic acids is 3. The minimum atomic E-state index is -1.46.